The van der Waals surface area contributed by atoms with Crippen molar-refractivity contribution in [2.45, 2.75) is 32.6 Å². The normalized spacial score (nSPS) is 10.1. The minimum absolute atomic E-state index is 0.00801. The summed E-state index contributed by atoms with van der Waals surface area (Å²) in [5.41, 5.74) is 5.30. The molecule has 0 aromatic heterocycles. The molecular formula is C15H21N3O5. The van der Waals surface area contributed by atoms with Gasteiger partial charge >= 0.3 is 5.97 Å². The van der Waals surface area contributed by atoms with Crippen LogP contribution in [-0.4, -0.2) is 30.0 Å². The summed E-state index contributed by atoms with van der Waals surface area (Å²) in [5, 5.41) is 13.2. The lowest BCUT2D eigenvalue weighted by molar-refractivity contribution is -0.384. The van der Waals surface area contributed by atoms with Crippen molar-refractivity contribution in [3.63, 3.8) is 0 Å². The Labute approximate surface area is 134 Å². The van der Waals surface area contributed by atoms with Crippen LogP contribution in [0, 0.1) is 10.1 Å². The summed E-state index contributed by atoms with van der Waals surface area (Å²) in [7, 11) is 0. The van der Waals surface area contributed by atoms with Crippen molar-refractivity contribution in [1.82, 2.24) is 5.32 Å². The van der Waals surface area contributed by atoms with Crippen LogP contribution in [0.4, 0.5) is 11.4 Å². The number of amides is 1. The summed E-state index contributed by atoms with van der Waals surface area (Å²) in [6.45, 7) is 2.22. The van der Waals surface area contributed by atoms with Gasteiger partial charge in [0.05, 0.1) is 16.2 Å². The lowest BCUT2D eigenvalue weighted by atomic mass is 10.1. The molecule has 23 heavy (non-hydrogen) atoms. The van der Waals surface area contributed by atoms with Gasteiger partial charge in [-0.15, -0.1) is 0 Å². The number of nitrogen functional groups attached to an aromatic ring is 1. The lowest BCUT2D eigenvalue weighted by Gasteiger charge is -2.08. The van der Waals surface area contributed by atoms with E-state index >= 15 is 0 Å². The number of nitrogens with two attached hydrogens (primary N) is 1. The van der Waals surface area contributed by atoms with Crippen LogP contribution in [0.5, 0.6) is 0 Å². The number of benzene rings is 1. The standard InChI is InChI=1S/C15H21N3O5/c1-2-3-4-5-8-17-14(19)10-23-15(20)12-7-6-11(18(21)22)9-13(12)16/h6-7,9H,2-5,8,10,16H2,1H3,(H,17,19). The Morgan fingerprint density at radius 1 is 1.30 bits per heavy atom. The van der Waals surface area contributed by atoms with Gasteiger partial charge in [-0.2, -0.15) is 0 Å². The second-order valence-corrected chi connectivity index (χ2v) is 5.02. The maximum Gasteiger partial charge on any atom is 0.340 e. The number of nitrogens with zero attached hydrogens (tertiary/aromatic N) is 1. The number of carbonyl (C=O) groups is 2. The summed E-state index contributed by atoms with van der Waals surface area (Å²) in [6, 6.07) is 3.43. The molecule has 1 aromatic carbocycles. The molecule has 1 aromatic rings. The fourth-order valence-corrected chi connectivity index (χ4v) is 1.89. The van der Waals surface area contributed by atoms with E-state index in [0.29, 0.717) is 6.54 Å². The molecule has 1 amide bonds. The molecule has 0 heterocycles. The van der Waals surface area contributed by atoms with E-state index in [1.165, 1.54) is 6.07 Å². The van der Waals surface area contributed by atoms with E-state index in [9.17, 15) is 19.7 Å². The number of ether oxygens (including phenoxy) is 1. The van der Waals surface area contributed by atoms with Gasteiger partial charge in [0.2, 0.25) is 0 Å². The number of esters is 1. The molecular weight excluding hydrogens is 302 g/mol. The number of hydrogen-bond acceptors (Lipinski definition) is 6. The first-order chi connectivity index (χ1) is 11.0. The number of hydrogen-bond donors (Lipinski definition) is 2. The number of nitro benzene ring substituents is 1. The smallest absolute Gasteiger partial charge is 0.340 e. The topological polar surface area (TPSA) is 125 Å². The first kappa shape index (κ1) is 18.4. The van der Waals surface area contributed by atoms with Crippen LogP contribution in [0.3, 0.4) is 0 Å². The van der Waals surface area contributed by atoms with Crippen LogP contribution in [0.1, 0.15) is 43.0 Å². The Morgan fingerprint density at radius 2 is 2.04 bits per heavy atom. The van der Waals surface area contributed by atoms with Gasteiger partial charge in [-0.25, -0.2) is 4.79 Å². The van der Waals surface area contributed by atoms with Crippen molar-refractivity contribution >= 4 is 23.3 Å². The molecule has 0 aliphatic rings. The molecule has 0 aliphatic carbocycles. The molecule has 0 fully saturated rings. The van der Waals surface area contributed by atoms with Crippen LogP contribution in [0.2, 0.25) is 0 Å². The predicted octanol–water partition coefficient (Wildman–Crippen LogP) is 2.03. The summed E-state index contributed by atoms with van der Waals surface area (Å²) in [6.07, 6.45) is 4.14. The van der Waals surface area contributed by atoms with Gasteiger partial charge in [-0.05, 0) is 12.5 Å². The first-order valence-corrected chi connectivity index (χ1v) is 7.43. The third-order valence-electron chi connectivity index (χ3n) is 3.15. The summed E-state index contributed by atoms with van der Waals surface area (Å²) in [4.78, 5) is 33.3. The number of rotatable bonds is 9. The number of non-ortho nitro benzene ring substituents is 1. The van der Waals surface area contributed by atoms with Gasteiger partial charge in [0.25, 0.3) is 11.6 Å². The van der Waals surface area contributed by atoms with Crippen LogP contribution in [0.25, 0.3) is 0 Å². The van der Waals surface area contributed by atoms with E-state index < -0.39 is 23.4 Å². The van der Waals surface area contributed by atoms with E-state index in [-0.39, 0.29) is 16.9 Å². The highest BCUT2D eigenvalue weighted by molar-refractivity contribution is 5.96. The van der Waals surface area contributed by atoms with Gasteiger partial charge in [0, 0.05) is 18.7 Å². The predicted molar refractivity (Wildman–Crippen MR) is 84.9 cm³/mol. The maximum absolute atomic E-state index is 11.8. The summed E-state index contributed by atoms with van der Waals surface area (Å²) >= 11 is 0. The Hall–Kier alpha value is -2.64. The fourth-order valence-electron chi connectivity index (χ4n) is 1.89. The highest BCUT2D eigenvalue weighted by Gasteiger charge is 2.16. The molecule has 0 unspecified atom stereocenters. The molecule has 3 N–H and O–H groups in total. The van der Waals surface area contributed by atoms with Crippen LogP contribution < -0.4 is 11.1 Å². The second kappa shape index (κ2) is 9.39. The third kappa shape index (κ3) is 6.33. The molecule has 0 spiro atoms. The van der Waals surface area contributed by atoms with Crippen molar-refractivity contribution < 1.29 is 19.2 Å². The lowest BCUT2D eigenvalue weighted by Crippen LogP contribution is -2.29. The zero-order chi connectivity index (χ0) is 17.2. The monoisotopic (exact) mass is 323 g/mol. The average molecular weight is 323 g/mol. The van der Waals surface area contributed by atoms with Crippen molar-refractivity contribution in [3.8, 4) is 0 Å². The fraction of sp³-hybridized carbons (Fsp3) is 0.467. The molecule has 0 saturated heterocycles. The minimum atomic E-state index is -0.793. The summed E-state index contributed by atoms with van der Waals surface area (Å²) < 4.78 is 4.85. The Kier molecular flexibility index (Phi) is 7.52. The van der Waals surface area contributed by atoms with E-state index in [1.54, 1.807) is 0 Å². The highest BCUT2D eigenvalue weighted by Crippen LogP contribution is 2.20. The number of nitro groups is 1. The van der Waals surface area contributed by atoms with E-state index in [1.807, 2.05) is 0 Å². The molecule has 0 aliphatic heterocycles. The van der Waals surface area contributed by atoms with Crippen molar-refractivity contribution in [2.24, 2.45) is 0 Å². The van der Waals surface area contributed by atoms with Crippen LogP contribution in [0.15, 0.2) is 18.2 Å². The Bertz CT molecular complexity index is 574. The van der Waals surface area contributed by atoms with E-state index in [2.05, 4.69) is 12.2 Å². The minimum Gasteiger partial charge on any atom is -0.452 e. The summed E-state index contributed by atoms with van der Waals surface area (Å²) in [5.74, 6) is -1.19. The van der Waals surface area contributed by atoms with Crippen LogP contribution >= 0.6 is 0 Å². The van der Waals surface area contributed by atoms with Crippen molar-refractivity contribution in [2.75, 3.05) is 18.9 Å². The molecule has 0 saturated carbocycles. The maximum atomic E-state index is 11.8. The van der Waals surface area contributed by atoms with Gasteiger partial charge in [-0.3, -0.25) is 14.9 Å². The van der Waals surface area contributed by atoms with Crippen LogP contribution in [-0.2, 0) is 9.53 Å². The number of nitrogens with one attached hydrogen (secondary N) is 1. The second-order valence-electron chi connectivity index (χ2n) is 5.02. The molecule has 8 heteroatoms. The highest BCUT2D eigenvalue weighted by atomic mass is 16.6. The van der Waals surface area contributed by atoms with Gasteiger partial charge < -0.3 is 15.8 Å². The molecule has 126 valence electrons. The Morgan fingerprint density at radius 3 is 2.65 bits per heavy atom. The first-order valence-electron chi connectivity index (χ1n) is 7.43. The van der Waals surface area contributed by atoms with Gasteiger partial charge in [0.1, 0.15) is 0 Å². The zero-order valence-electron chi connectivity index (χ0n) is 13.0. The average Bonchev–Trinajstić information content (AvgIpc) is 2.52. The third-order valence-corrected chi connectivity index (χ3v) is 3.15. The van der Waals surface area contributed by atoms with Crippen molar-refractivity contribution in [1.29, 1.82) is 0 Å². The van der Waals surface area contributed by atoms with Crippen molar-refractivity contribution in [3.05, 3.63) is 33.9 Å². The Balaban J connectivity index is 2.41. The number of anilines is 1. The quantitative estimate of drug-likeness (QED) is 0.235. The molecule has 8 nitrogen and oxygen atoms in total. The SMILES string of the molecule is CCCCCCNC(=O)COC(=O)c1ccc([N+](=O)[O-])cc1N. The molecule has 0 radical (unpaired) electrons. The van der Waals surface area contributed by atoms with Gasteiger partial charge in [-0.1, -0.05) is 26.2 Å². The largest absolute Gasteiger partial charge is 0.452 e. The number of carbonyl (C=O) groups excluding carboxylic acids is 2. The zero-order valence-corrected chi connectivity index (χ0v) is 13.0. The molecule has 0 atom stereocenters. The van der Waals surface area contributed by atoms with E-state index in [4.69, 9.17) is 10.5 Å². The number of unbranched alkanes of at least 4 members (excludes halogenated alkanes) is 3. The van der Waals surface area contributed by atoms with E-state index in [0.717, 1.165) is 37.8 Å². The molecule has 0 bridgehead atoms. The molecule has 1 rings (SSSR count). The van der Waals surface area contributed by atoms with Gasteiger partial charge in [0.15, 0.2) is 6.61 Å².